The highest BCUT2D eigenvalue weighted by molar-refractivity contribution is 5.91. The van der Waals surface area contributed by atoms with Crippen molar-refractivity contribution < 1.29 is 19.5 Å². The Hall–Kier alpha value is -5.88. The second-order valence-corrected chi connectivity index (χ2v) is 12.3. The Morgan fingerprint density at radius 1 is 0.941 bits per heavy atom. The molecule has 2 heterocycles. The topological polar surface area (TPSA) is 138 Å². The van der Waals surface area contributed by atoms with E-state index in [0.29, 0.717) is 18.8 Å². The number of benzene rings is 4. The number of para-hydroxylation sites is 1. The first-order valence-electron chi connectivity index (χ1n) is 17.1. The highest BCUT2D eigenvalue weighted by atomic mass is 16.3. The minimum Gasteiger partial charge on any atom is -0.508 e. The zero-order valence-electron chi connectivity index (χ0n) is 29.4. The molecule has 0 aliphatic carbocycles. The molecule has 0 spiro atoms. The van der Waals surface area contributed by atoms with Gasteiger partial charge in [0.25, 0.3) is 0 Å². The van der Waals surface area contributed by atoms with Crippen molar-refractivity contribution in [2.24, 2.45) is 5.10 Å². The first-order chi connectivity index (χ1) is 24.7. The summed E-state index contributed by atoms with van der Waals surface area (Å²) < 4.78 is 0. The Morgan fingerprint density at radius 2 is 1.63 bits per heavy atom. The van der Waals surface area contributed by atoms with Gasteiger partial charge in [-0.15, -0.1) is 0 Å². The van der Waals surface area contributed by atoms with Crippen LogP contribution in [-0.2, 0) is 35.6 Å². The minimum absolute atomic E-state index is 0.0680. The number of hydrogen-bond donors (Lipinski definition) is 3. The molecule has 2 saturated heterocycles. The number of piperazine rings is 1. The molecule has 4 aromatic carbocycles. The molecule has 2 fully saturated rings. The number of nitrogen functional groups attached to an aromatic ring is 1. The van der Waals surface area contributed by atoms with Crippen LogP contribution in [0.4, 0.5) is 16.2 Å². The summed E-state index contributed by atoms with van der Waals surface area (Å²) in [7, 11) is 1.70. The molecule has 12 heteroatoms. The molecule has 4 amide bonds. The van der Waals surface area contributed by atoms with Crippen LogP contribution in [0.2, 0.25) is 0 Å². The van der Waals surface area contributed by atoms with Crippen molar-refractivity contribution in [2.75, 3.05) is 30.9 Å². The summed E-state index contributed by atoms with van der Waals surface area (Å²) in [6.45, 7) is 8.74. The van der Waals surface area contributed by atoms with Gasteiger partial charge in [-0.1, -0.05) is 86.6 Å². The molecule has 0 aromatic heterocycles. The van der Waals surface area contributed by atoms with Gasteiger partial charge < -0.3 is 26.0 Å². The van der Waals surface area contributed by atoms with Crippen molar-refractivity contribution in [1.29, 1.82) is 0 Å². The molecule has 0 saturated carbocycles. The SMILES string of the molecule is C=NN(Cc1cccc(N)c1)c1ccccc1CN1CC2N(C(=O)CN(C)N2C(=O)NCc2ccccc2)[C@@H](Cc2ccc(O)cc2)C1=O.CC. The number of phenolic OH excluding ortho intramolecular Hbond substituents is 1. The van der Waals surface area contributed by atoms with Crippen LogP contribution in [0.1, 0.15) is 36.1 Å². The number of nitrogens with two attached hydrogens (primary N) is 1. The third-order valence-corrected chi connectivity index (χ3v) is 8.88. The molecule has 4 aromatic rings. The fraction of sp³-hybridized carbons (Fsp3) is 0.282. The molecule has 266 valence electrons. The van der Waals surface area contributed by atoms with E-state index >= 15 is 0 Å². The molecule has 51 heavy (non-hydrogen) atoms. The number of urea groups is 1. The molecule has 2 aliphatic rings. The number of carbonyl (C=O) groups is 3. The maximum absolute atomic E-state index is 14.4. The van der Waals surface area contributed by atoms with Crippen LogP contribution < -0.4 is 16.1 Å². The monoisotopic (exact) mass is 690 g/mol. The van der Waals surface area contributed by atoms with Crippen LogP contribution in [0.15, 0.2) is 108 Å². The van der Waals surface area contributed by atoms with Crippen molar-refractivity contribution in [3.05, 3.63) is 125 Å². The predicted molar refractivity (Wildman–Crippen MR) is 199 cm³/mol. The summed E-state index contributed by atoms with van der Waals surface area (Å²) in [6.07, 6.45) is -0.562. The summed E-state index contributed by atoms with van der Waals surface area (Å²) >= 11 is 0. The highest BCUT2D eigenvalue weighted by Gasteiger charge is 2.50. The molecule has 0 radical (unpaired) electrons. The third-order valence-electron chi connectivity index (χ3n) is 8.88. The standard InChI is InChI=1S/C37H40N8O4.C2H6/c1-39-43(22-28-11-8-13-30(38)19-28)32-14-7-6-12-29(32)23-42-24-34-44(33(36(42)48)20-26-15-17-31(46)18-16-26)35(47)25-41(2)45(34)37(49)40-21-27-9-4-3-5-10-27;1-2/h3-19,33-34,46H,1,20-25,38H2,2H3,(H,40,49);1-2H3/t33-,34?;/m0./s1. The molecule has 1 unspecified atom stereocenters. The van der Waals surface area contributed by atoms with E-state index in [0.717, 1.165) is 27.9 Å². The summed E-state index contributed by atoms with van der Waals surface area (Å²) in [5.74, 6) is -0.387. The zero-order valence-corrected chi connectivity index (χ0v) is 29.4. The highest BCUT2D eigenvalue weighted by Crippen LogP contribution is 2.31. The van der Waals surface area contributed by atoms with Gasteiger partial charge in [0.05, 0.1) is 25.3 Å². The van der Waals surface area contributed by atoms with E-state index in [1.165, 1.54) is 5.01 Å². The number of phenols is 1. The van der Waals surface area contributed by atoms with Gasteiger partial charge in [-0.3, -0.25) is 14.6 Å². The van der Waals surface area contributed by atoms with E-state index in [-0.39, 0.29) is 49.7 Å². The van der Waals surface area contributed by atoms with Crippen molar-refractivity contribution >= 4 is 35.9 Å². The number of hydrazine groups is 1. The third kappa shape index (κ3) is 8.47. The Labute approximate surface area is 299 Å². The van der Waals surface area contributed by atoms with Gasteiger partial charge in [0.15, 0.2) is 0 Å². The lowest BCUT2D eigenvalue weighted by molar-refractivity contribution is -0.187. The number of fused-ring (bicyclic) bond motifs is 1. The molecule has 0 bridgehead atoms. The molecule has 6 rings (SSSR count). The second kappa shape index (κ2) is 16.7. The van der Waals surface area contributed by atoms with Gasteiger partial charge in [0, 0.05) is 39.0 Å². The van der Waals surface area contributed by atoms with Gasteiger partial charge in [-0.2, -0.15) is 5.10 Å². The number of aromatic hydroxyl groups is 1. The van der Waals surface area contributed by atoms with Crippen LogP contribution in [0, 0.1) is 0 Å². The van der Waals surface area contributed by atoms with Crippen LogP contribution in [-0.4, -0.2) is 81.8 Å². The van der Waals surface area contributed by atoms with Gasteiger partial charge in [-0.25, -0.2) is 14.8 Å². The fourth-order valence-corrected chi connectivity index (χ4v) is 6.53. The normalized spacial score (nSPS) is 17.3. The molecule has 2 atom stereocenters. The number of nitrogens with zero attached hydrogens (tertiary/aromatic N) is 6. The summed E-state index contributed by atoms with van der Waals surface area (Å²) in [4.78, 5) is 45.2. The Bertz CT molecular complexity index is 1820. The van der Waals surface area contributed by atoms with Gasteiger partial charge in [0.1, 0.15) is 18.0 Å². The Kier molecular flexibility index (Phi) is 11.9. The molecule has 2 aliphatic heterocycles. The number of hydrazone groups is 1. The first-order valence-corrected chi connectivity index (χ1v) is 17.1. The van der Waals surface area contributed by atoms with Crippen LogP contribution in [0.3, 0.4) is 0 Å². The van der Waals surface area contributed by atoms with E-state index < -0.39 is 12.2 Å². The summed E-state index contributed by atoms with van der Waals surface area (Å²) in [5, 5.41) is 22.1. The van der Waals surface area contributed by atoms with E-state index in [1.807, 2.05) is 92.7 Å². The smallest absolute Gasteiger partial charge is 0.334 e. The van der Waals surface area contributed by atoms with Crippen molar-refractivity contribution in [1.82, 2.24) is 25.1 Å². The van der Waals surface area contributed by atoms with Gasteiger partial charge >= 0.3 is 6.03 Å². The van der Waals surface area contributed by atoms with E-state index in [2.05, 4.69) is 17.1 Å². The number of anilines is 2. The lowest BCUT2D eigenvalue weighted by Gasteiger charge is -2.54. The number of nitrogens with one attached hydrogen (secondary N) is 1. The predicted octanol–water partition coefficient (Wildman–Crippen LogP) is 4.80. The summed E-state index contributed by atoms with van der Waals surface area (Å²) in [6, 6.07) is 30.1. The fourth-order valence-electron chi connectivity index (χ4n) is 6.53. The van der Waals surface area contributed by atoms with E-state index in [1.54, 1.807) is 51.1 Å². The van der Waals surface area contributed by atoms with Crippen LogP contribution >= 0.6 is 0 Å². The van der Waals surface area contributed by atoms with E-state index in [9.17, 15) is 19.5 Å². The van der Waals surface area contributed by atoms with Gasteiger partial charge in [-0.05, 0) is 52.6 Å². The van der Waals surface area contributed by atoms with Gasteiger partial charge in [0.2, 0.25) is 11.8 Å². The molecular formula is C39H46N8O4. The number of hydrogen-bond acceptors (Lipinski definition) is 8. The first kappa shape index (κ1) is 36.4. The summed E-state index contributed by atoms with van der Waals surface area (Å²) in [5.41, 5.74) is 10.9. The maximum atomic E-state index is 14.4. The quantitative estimate of drug-likeness (QED) is 0.124. The van der Waals surface area contributed by atoms with Crippen molar-refractivity contribution in [2.45, 2.75) is 52.1 Å². The number of rotatable bonds is 10. The van der Waals surface area contributed by atoms with Crippen LogP contribution in [0.25, 0.3) is 0 Å². The Balaban J connectivity index is 0.00000248. The second-order valence-electron chi connectivity index (χ2n) is 12.3. The average molecular weight is 691 g/mol. The lowest BCUT2D eigenvalue weighted by Crippen LogP contribution is -2.76. The molecule has 4 N–H and O–H groups in total. The van der Waals surface area contributed by atoms with E-state index in [4.69, 9.17) is 5.73 Å². The number of likely N-dealkylation sites (N-methyl/N-ethyl adjacent to an activating group) is 1. The molecule has 12 nitrogen and oxygen atoms in total. The lowest BCUT2D eigenvalue weighted by atomic mass is 9.98. The minimum atomic E-state index is -0.887. The number of amides is 4. The van der Waals surface area contributed by atoms with Crippen molar-refractivity contribution in [3.63, 3.8) is 0 Å². The zero-order chi connectivity index (χ0) is 36.5. The number of carbonyl (C=O) groups excluding carboxylic acids is 3. The van der Waals surface area contributed by atoms with Crippen LogP contribution in [0.5, 0.6) is 5.75 Å². The van der Waals surface area contributed by atoms with Crippen molar-refractivity contribution in [3.8, 4) is 5.75 Å². The largest absolute Gasteiger partial charge is 0.508 e. The maximum Gasteiger partial charge on any atom is 0.334 e. The average Bonchev–Trinajstić information content (AvgIpc) is 3.14. The Morgan fingerprint density at radius 3 is 2.33 bits per heavy atom. The molecular weight excluding hydrogens is 644 g/mol.